The lowest BCUT2D eigenvalue weighted by atomic mass is 10.2. The number of rotatable bonds is 3. The molecule has 1 atom stereocenters. The molecule has 1 aromatic rings. The van der Waals surface area contributed by atoms with Crippen LogP contribution in [-0.2, 0) is 9.53 Å². The SMILES string of the molecule is CC1CN(C(=O)c2ccc(C=CC(=O)O)cn2)CCO1. The molecule has 1 aliphatic heterocycles. The number of carboxylic acids is 1. The van der Waals surface area contributed by atoms with E-state index in [1.54, 1.807) is 17.0 Å². The van der Waals surface area contributed by atoms with E-state index in [0.29, 0.717) is 31.0 Å². The van der Waals surface area contributed by atoms with Crippen molar-refractivity contribution in [3.63, 3.8) is 0 Å². The number of aliphatic carboxylic acids is 1. The van der Waals surface area contributed by atoms with Gasteiger partial charge in [0.1, 0.15) is 5.69 Å². The van der Waals surface area contributed by atoms with Gasteiger partial charge in [-0.3, -0.25) is 9.78 Å². The van der Waals surface area contributed by atoms with Crippen LogP contribution < -0.4 is 0 Å². The number of carbonyl (C=O) groups excluding carboxylic acids is 1. The highest BCUT2D eigenvalue weighted by Gasteiger charge is 2.23. The molecule has 6 heteroatoms. The summed E-state index contributed by atoms with van der Waals surface area (Å²) >= 11 is 0. The number of hydrogen-bond donors (Lipinski definition) is 1. The Morgan fingerprint density at radius 3 is 2.90 bits per heavy atom. The van der Waals surface area contributed by atoms with E-state index in [1.165, 1.54) is 12.3 Å². The summed E-state index contributed by atoms with van der Waals surface area (Å²) in [6.07, 6.45) is 3.98. The van der Waals surface area contributed by atoms with Gasteiger partial charge >= 0.3 is 5.97 Å². The third-order valence-corrected chi connectivity index (χ3v) is 2.95. The molecular weight excluding hydrogens is 260 g/mol. The first-order valence-electron chi connectivity index (χ1n) is 6.34. The van der Waals surface area contributed by atoms with Crippen molar-refractivity contribution < 1.29 is 19.4 Å². The number of nitrogens with zero attached hydrogens (tertiary/aromatic N) is 2. The standard InChI is InChI=1S/C14H16N2O4/c1-10-9-16(6-7-20-10)14(19)12-4-2-11(8-15-12)3-5-13(17)18/h2-5,8,10H,6-7,9H2,1H3,(H,17,18). The van der Waals surface area contributed by atoms with Crippen LogP contribution in [0.25, 0.3) is 6.08 Å². The summed E-state index contributed by atoms with van der Waals surface area (Å²) in [5, 5.41) is 8.53. The highest BCUT2D eigenvalue weighted by atomic mass is 16.5. The van der Waals surface area contributed by atoms with Crippen LogP contribution in [0.4, 0.5) is 0 Å². The Labute approximate surface area is 116 Å². The van der Waals surface area contributed by atoms with E-state index in [4.69, 9.17) is 9.84 Å². The molecule has 1 aromatic heterocycles. The molecule has 1 amide bonds. The number of hydrogen-bond acceptors (Lipinski definition) is 4. The number of pyridine rings is 1. The molecule has 6 nitrogen and oxygen atoms in total. The summed E-state index contributed by atoms with van der Waals surface area (Å²) < 4.78 is 5.39. The van der Waals surface area contributed by atoms with Crippen LogP contribution in [0.15, 0.2) is 24.4 Å². The number of aromatic nitrogens is 1. The molecule has 1 aliphatic rings. The van der Waals surface area contributed by atoms with Gasteiger partial charge in [-0.15, -0.1) is 0 Å². The predicted octanol–water partition coefficient (Wildman–Crippen LogP) is 1.04. The zero-order valence-corrected chi connectivity index (χ0v) is 11.2. The van der Waals surface area contributed by atoms with Crippen molar-refractivity contribution >= 4 is 18.0 Å². The first kappa shape index (κ1) is 14.2. The Morgan fingerprint density at radius 2 is 2.30 bits per heavy atom. The number of amides is 1. The van der Waals surface area contributed by atoms with E-state index in [1.807, 2.05) is 6.92 Å². The van der Waals surface area contributed by atoms with Gasteiger partial charge in [-0.25, -0.2) is 4.79 Å². The topological polar surface area (TPSA) is 79.7 Å². The second-order valence-corrected chi connectivity index (χ2v) is 4.58. The lowest BCUT2D eigenvalue weighted by molar-refractivity contribution is -0.131. The maximum Gasteiger partial charge on any atom is 0.328 e. The van der Waals surface area contributed by atoms with Crippen molar-refractivity contribution in [3.05, 3.63) is 35.7 Å². The Bertz CT molecular complexity index is 524. The second kappa shape index (κ2) is 6.29. The van der Waals surface area contributed by atoms with Crippen molar-refractivity contribution in [1.29, 1.82) is 0 Å². The molecule has 1 fully saturated rings. The fourth-order valence-electron chi connectivity index (χ4n) is 1.96. The Morgan fingerprint density at radius 1 is 1.50 bits per heavy atom. The van der Waals surface area contributed by atoms with Crippen molar-refractivity contribution in [2.24, 2.45) is 0 Å². The van der Waals surface area contributed by atoms with E-state index in [0.717, 1.165) is 6.08 Å². The van der Waals surface area contributed by atoms with E-state index in [-0.39, 0.29) is 12.0 Å². The van der Waals surface area contributed by atoms with Crippen LogP contribution >= 0.6 is 0 Å². The number of carboxylic acid groups (broad SMARTS) is 1. The van der Waals surface area contributed by atoms with Crippen LogP contribution in [0.3, 0.4) is 0 Å². The summed E-state index contributed by atoms with van der Waals surface area (Å²) in [6, 6.07) is 3.27. The second-order valence-electron chi connectivity index (χ2n) is 4.58. The molecule has 0 radical (unpaired) electrons. The third kappa shape index (κ3) is 3.64. The van der Waals surface area contributed by atoms with Gasteiger partial charge in [0.25, 0.3) is 5.91 Å². The highest BCUT2D eigenvalue weighted by Crippen LogP contribution is 2.10. The van der Waals surface area contributed by atoms with Gasteiger partial charge in [0.05, 0.1) is 12.7 Å². The van der Waals surface area contributed by atoms with Gasteiger partial charge in [0.15, 0.2) is 0 Å². The maximum absolute atomic E-state index is 12.2. The first-order valence-corrected chi connectivity index (χ1v) is 6.34. The molecular formula is C14H16N2O4. The van der Waals surface area contributed by atoms with Crippen molar-refractivity contribution in [1.82, 2.24) is 9.88 Å². The maximum atomic E-state index is 12.2. The van der Waals surface area contributed by atoms with Gasteiger partial charge in [-0.2, -0.15) is 0 Å². The largest absolute Gasteiger partial charge is 0.478 e. The van der Waals surface area contributed by atoms with E-state index in [2.05, 4.69) is 4.98 Å². The van der Waals surface area contributed by atoms with Gasteiger partial charge < -0.3 is 14.7 Å². The smallest absolute Gasteiger partial charge is 0.328 e. The lowest BCUT2D eigenvalue weighted by Gasteiger charge is -2.30. The zero-order chi connectivity index (χ0) is 14.5. The average molecular weight is 276 g/mol. The minimum Gasteiger partial charge on any atom is -0.478 e. The molecule has 1 N–H and O–H groups in total. The van der Waals surface area contributed by atoms with Gasteiger partial charge in [0.2, 0.25) is 0 Å². The summed E-state index contributed by atoms with van der Waals surface area (Å²) in [7, 11) is 0. The van der Waals surface area contributed by atoms with E-state index >= 15 is 0 Å². The summed E-state index contributed by atoms with van der Waals surface area (Å²) in [5.41, 5.74) is 0.992. The number of ether oxygens (including phenoxy) is 1. The van der Waals surface area contributed by atoms with E-state index < -0.39 is 5.97 Å². The van der Waals surface area contributed by atoms with Gasteiger partial charge in [-0.1, -0.05) is 6.07 Å². The normalized spacial score (nSPS) is 19.2. The highest BCUT2D eigenvalue weighted by molar-refractivity contribution is 5.92. The number of morpholine rings is 1. The Hall–Kier alpha value is -2.21. The molecule has 1 saturated heterocycles. The quantitative estimate of drug-likeness (QED) is 0.834. The Balaban J connectivity index is 2.05. The molecule has 20 heavy (non-hydrogen) atoms. The Kier molecular flexibility index (Phi) is 4.47. The minimum absolute atomic E-state index is 0.0328. The average Bonchev–Trinajstić information content (AvgIpc) is 2.45. The monoisotopic (exact) mass is 276 g/mol. The molecule has 0 spiro atoms. The fraction of sp³-hybridized carbons (Fsp3) is 0.357. The molecule has 0 aliphatic carbocycles. The first-order chi connectivity index (χ1) is 9.56. The zero-order valence-electron chi connectivity index (χ0n) is 11.2. The van der Waals surface area contributed by atoms with Gasteiger partial charge in [0, 0.05) is 25.4 Å². The summed E-state index contributed by atoms with van der Waals surface area (Å²) in [5.74, 6) is -1.15. The van der Waals surface area contributed by atoms with Crippen molar-refractivity contribution in [2.45, 2.75) is 13.0 Å². The van der Waals surface area contributed by atoms with Crippen LogP contribution in [0.1, 0.15) is 23.0 Å². The molecule has 2 rings (SSSR count). The third-order valence-electron chi connectivity index (χ3n) is 2.95. The fourth-order valence-corrected chi connectivity index (χ4v) is 1.96. The molecule has 0 bridgehead atoms. The van der Waals surface area contributed by atoms with Crippen LogP contribution in [0.5, 0.6) is 0 Å². The number of carbonyl (C=O) groups is 2. The van der Waals surface area contributed by atoms with Crippen molar-refractivity contribution in [2.75, 3.05) is 19.7 Å². The summed E-state index contributed by atoms with van der Waals surface area (Å²) in [6.45, 7) is 3.58. The van der Waals surface area contributed by atoms with Crippen LogP contribution in [0, 0.1) is 0 Å². The predicted molar refractivity (Wildman–Crippen MR) is 72.2 cm³/mol. The van der Waals surface area contributed by atoms with E-state index in [9.17, 15) is 9.59 Å². The van der Waals surface area contributed by atoms with Crippen molar-refractivity contribution in [3.8, 4) is 0 Å². The lowest BCUT2D eigenvalue weighted by Crippen LogP contribution is -2.44. The summed E-state index contributed by atoms with van der Waals surface area (Å²) in [4.78, 5) is 28.4. The minimum atomic E-state index is -1.02. The van der Waals surface area contributed by atoms with Crippen LogP contribution in [-0.4, -0.2) is 52.7 Å². The molecule has 0 saturated carbocycles. The molecule has 0 aromatic carbocycles. The molecule has 2 heterocycles. The molecule has 1 unspecified atom stereocenters. The van der Waals surface area contributed by atoms with Crippen LogP contribution in [0.2, 0.25) is 0 Å². The van der Waals surface area contributed by atoms with Gasteiger partial charge in [-0.05, 0) is 24.6 Å². The molecule has 106 valence electrons.